The van der Waals surface area contributed by atoms with Crippen LogP contribution in [0.25, 0.3) is 0 Å². The summed E-state index contributed by atoms with van der Waals surface area (Å²) in [6, 6.07) is 9.67. The third-order valence-corrected chi connectivity index (χ3v) is 2.53. The zero-order valence-electron chi connectivity index (χ0n) is 10.5. The molecule has 0 aliphatic rings. The number of allylic oxidation sites excluding steroid dienone is 1. The lowest BCUT2D eigenvalue weighted by molar-refractivity contribution is -0.117. The molecule has 0 saturated heterocycles. The van der Waals surface area contributed by atoms with Crippen LogP contribution in [0.5, 0.6) is 0 Å². The van der Waals surface area contributed by atoms with Gasteiger partial charge in [-0.1, -0.05) is 29.8 Å². The largest absolute Gasteiger partial charge is 0.383 e. The van der Waals surface area contributed by atoms with E-state index in [4.69, 9.17) is 11.0 Å². The number of hydrogen-bond donors (Lipinski definition) is 2. The average Bonchev–Trinajstić information content (AvgIpc) is 2.39. The molecule has 3 N–H and O–H groups in total. The molecule has 5 nitrogen and oxygen atoms in total. The minimum Gasteiger partial charge on any atom is -0.383 e. The standard InChI is InChI=1S/C13H16N4O/c1-10-3-5-11(6-4-10)8-17(9-18)13(15)12(7-14)16-2/h3-6,9,16H,8,15H2,1-2H3/b13-12-. The molecule has 18 heavy (non-hydrogen) atoms. The quantitative estimate of drug-likeness (QED) is 0.593. The summed E-state index contributed by atoms with van der Waals surface area (Å²) >= 11 is 0. The van der Waals surface area contributed by atoms with Crippen LogP contribution in [-0.4, -0.2) is 18.4 Å². The highest BCUT2D eigenvalue weighted by Gasteiger charge is 2.10. The number of carbonyl (C=O) groups is 1. The van der Waals surface area contributed by atoms with Gasteiger partial charge < -0.3 is 11.1 Å². The van der Waals surface area contributed by atoms with E-state index < -0.39 is 0 Å². The number of rotatable bonds is 5. The predicted molar refractivity (Wildman–Crippen MR) is 68.7 cm³/mol. The molecule has 0 aromatic heterocycles. The van der Waals surface area contributed by atoms with Crippen LogP contribution in [0.2, 0.25) is 0 Å². The van der Waals surface area contributed by atoms with Crippen molar-refractivity contribution in [3.63, 3.8) is 0 Å². The van der Waals surface area contributed by atoms with Gasteiger partial charge in [-0.15, -0.1) is 0 Å². The monoisotopic (exact) mass is 244 g/mol. The number of carbonyl (C=O) groups excluding carboxylic acids is 1. The zero-order chi connectivity index (χ0) is 13.5. The van der Waals surface area contributed by atoms with Crippen molar-refractivity contribution in [1.29, 1.82) is 5.26 Å². The van der Waals surface area contributed by atoms with E-state index in [1.54, 1.807) is 7.05 Å². The summed E-state index contributed by atoms with van der Waals surface area (Å²) in [5.41, 5.74) is 8.03. The van der Waals surface area contributed by atoms with Crippen molar-refractivity contribution in [1.82, 2.24) is 10.2 Å². The number of nitriles is 1. The number of amides is 1. The third-order valence-electron chi connectivity index (χ3n) is 2.53. The Morgan fingerprint density at radius 2 is 2.11 bits per heavy atom. The Labute approximate surface area is 107 Å². The van der Waals surface area contributed by atoms with Crippen molar-refractivity contribution in [3.05, 3.63) is 46.9 Å². The number of benzene rings is 1. The molecule has 0 aliphatic carbocycles. The molecule has 1 aromatic carbocycles. The smallest absolute Gasteiger partial charge is 0.215 e. The fourth-order valence-corrected chi connectivity index (χ4v) is 1.45. The summed E-state index contributed by atoms with van der Waals surface area (Å²) in [6.45, 7) is 2.33. The fourth-order valence-electron chi connectivity index (χ4n) is 1.45. The highest BCUT2D eigenvalue weighted by molar-refractivity contribution is 5.52. The minimum absolute atomic E-state index is 0.121. The zero-order valence-corrected chi connectivity index (χ0v) is 10.5. The van der Waals surface area contributed by atoms with Crippen molar-refractivity contribution < 1.29 is 4.79 Å². The number of hydrogen-bond acceptors (Lipinski definition) is 4. The van der Waals surface area contributed by atoms with Gasteiger partial charge in [0.15, 0.2) is 5.70 Å². The molecule has 1 aromatic rings. The molecule has 0 bridgehead atoms. The highest BCUT2D eigenvalue weighted by Crippen LogP contribution is 2.09. The van der Waals surface area contributed by atoms with Crippen molar-refractivity contribution in [2.75, 3.05) is 7.05 Å². The summed E-state index contributed by atoms with van der Waals surface area (Å²) < 4.78 is 0. The molecule has 94 valence electrons. The van der Waals surface area contributed by atoms with Crippen LogP contribution in [0.3, 0.4) is 0 Å². The Hall–Kier alpha value is -2.48. The molecule has 0 saturated carbocycles. The Morgan fingerprint density at radius 1 is 1.50 bits per heavy atom. The van der Waals surface area contributed by atoms with Crippen LogP contribution >= 0.6 is 0 Å². The summed E-state index contributed by atoms with van der Waals surface area (Å²) in [5, 5.41) is 11.5. The first-order chi connectivity index (χ1) is 8.62. The van der Waals surface area contributed by atoms with E-state index in [1.165, 1.54) is 4.90 Å². The first-order valence-corrected chi connectivity index (χ1v) is 5.47. The van der Waals surface area contributed by atoms with Crippen molar-refractivity contribution in [2.24, 2.45) is 5.73 Å². The minimum atomic E-state index is 0.121. The maximum Gasteiger partial charge on any atom is 0.215 e. The van der Waals surface area contributed by atoms with Gasteiger partial charge in [-0.3, -0.25) is 9.69 Å². The average molecular weight is 244 g/mol. The highest BCUT2D eigenvalue weighted by atomic mass is 16.1. The lowest BCUT2D eigenvalue weighted by Gasteiger charge is -2.18. The van der Waals surface area contributed by atoms with Gasteiger partial charge in [-0.05, 0) is 12.5 Å². The van der Waals surface area contributed by atoms with Gasteiger partial charge in [-0.2, -0.15) is 5.26 Å². The molecule has 0 atom stereocenters. The summed E-state index contributed by atoms with van der Waals surface area (Å²) in [5.74, 6) is 0.121. The normalized spacial score (nSPS) is 11.2. The topological polar surface area (TPSA) is 82.2 Å². The number of nitrogens with two attached hydrogens (primary N) is 1. The van der Waals surface area contributed by atoms with Gasteiger partial charge in [0.1, 0.15) is 11.9 Å². The van der Waals surface area contributed by atoms with Gasteiger partial charge in [0.05, 0.1) is 6.54 Å². The van der Waals surface area contributed by atoms with Crippen molar-refractivity contribution >= 4 is 6.41 Å². The second-order valence-electron chi connectivity index (χ2n) is 3.84. The molecular weight excluding hydrogens is 228 g/mol. The summed E-state index contributed by atoms with van der Waals surface area (Å²) in [4.78, 5) is 12.3. The van der Waals surface area contributed by atoms with Crippen molar-refractivity contribution in [3.8, 4) is 6.07 Å². The van der Waals surface area contributed by atoms with E-state index >= 15 is 0 Å². The Morgan fingerprint density at radius 3 is 2.56 bits per heavy atom. The maximum absolute atomic E-state index is 11.0. The Bertz CT molecular complexity index is 485. The van der Waals surface area contributed by atoms with E-state index in [2.05, 4.69) is 5.32 Å². The fraction of sp³-hybridized carbons (Fsp3) is 0.231. The van der Waals surface area contributed by atoms with Crippen molar-refractivity contribution in [2.45, 2.75) is 13.5 Å². The van der Waals surface area contributed by atoms with Crippen LogP contribution in [0.4, 0.5) is 0 Å². The van der Waals surface area contributed by atoms with Gasteiger partial charge in [0, 0.05) is 7.05 Å². The van der Waals surface area contributed by atoms with Gasteiger partial charge >= 0.3 is 0 Å². The molecule has 1 rings (SSSR count). The van der Waals surface area contributed by atoms with Crippen LogP contribution in [0, 0.1) is 18.3 Å². The van der Waals surface area contributed by atoms with Gasteiger partial charge in [0.2, 0.25) is 6.41 Å². The molecule has 0 unspecified atom stereocenters. The van der Waals surface area contributed by atoms with E-state index in [0.29, 0.717) is 13.0 Å². The van der Waals surface area contributed by atoms with Crippen LogP contribution in [-0.2, 0) is 11.3 Å². The van der Waals surface area contributed by atoms with Gasteiger partial charge in [0.25, 0.3) is 0 Å². The van der Waals surface area contributed by atoms with E-state index in [-0.39, 0.29) is 11.5 Å². The lowest BCUT2D eigenvalue weighted by Crippen LogP contribution is -2.30. The second kappa shape index (κ2) is 6.30. The number of aryl methyl sites for hydroxylation is 1. The van der Waals surface area contributed by atoms with E-state index in [0.717, 1.165) is 11.1 Å². The first kappa shape index (κ1) is 13.6. The molecule has 0 heterocycles. The Kier molecular flexibility index (Phi) is 4.76. The SMILES string of the molecule is CN/C(C#N)=C(/N)N(C=O)Cc1ccc(C)cc1. The predicted octanol–water partition coefficient (Wildman–Crippen LogP) is 0.824. The Balaban J connectivity index is 2.92. The maximum atomic E-state index is 11.0. The molecule has 1 amide bonds. The number of nitrogens with zero attached hydrogens (tertiary/aromatic N) is 2. The number of nitrogens with one attached hydrogen (secondary N) is 1. The molecular formula is C13H16N4O. The van der Waals surface area contributed by atoms with E-state index in [9.17, 15) is 4.79 Å². The lowest BCUT2D eigenvalue weighted by atomic mass is 10.1. The van der Waals surface area contributed by atoms with Gasteiger partial charge in [-0.25, -0.2) is 0 Å². The van der Waals surface area contributed by atoms with Crippen LogP contribution < -0.4 is 11.1 Å². The molecule has 0 fully saturated rings. The van der Waals surface area contributed by atoms with E-state index in [1.807, 2.05) is 37.3 Å². The molecule has 0 aliphatic heterocycles. The summed E-state index contributed by atoms with van der Waals surface area (Å²) in [7, 11) is 1.58. The molecule has 0 radical (unpaired) electrons. The first-order valence-electron chi connectivity index (χ1n) is 5.47. The molecule has 5 heteroatoms. The van der Waals surface area contributed by atoms with Crippen LogP contribution in [0.1, 0.15) is 11.1 Å². The second-order valence-corrected chi connectivity index (χ2v) is 3.84. The van der Waals surface area contributed by atoms with Crippen LogP contribution in [0.15, 0.2) is 35.8 Å². The third kappa shape index (κ3) is 3.25. The molecule has 0 spiro atoms. The summed E-state index contributed by atoms with van der Waals surface area (Å²) in [6.07, 6.45) is 0.615.